The number of benzene rings is 1. The maximum atomic E-state index is 14.3. The lowest BCUT2D eigenvalue weighted by Crippen LogP contribution is -2.28. The Bertz CT molecular complexity index is 895. The zero-order valence-electron chi connectivity index (χ0n) is 14.6. The lowest BCUT2D eigenvalue weighted by atomic mass is 9.97. The number of nitrogens with zero attached hydrogens (tertiary/aromatic N) is 3. The molecule has 0 unspecified atom stereocenters. The first kappa shape index (κ1) is 17.8. The van der Waals surface area contributed by atoms with Crippen molar-refractivity contribution in [3.05, 3.63) is 53.1 Å². The van der Waals surface area contributed by atoms with Gasteiger partial charge in [0.1, 0.15) is 29.5 Å². The molecule has 0 radical (unpaired) electrons. The maximum Gasteiger partial charge on any atom is 0.177 e. The predicted molar refractivity (Wildman–Crippen MR) is 91.2 cm³/mol. The van der Waals surface area contributed by atoms with E-state index in [1.165, 1.54) is 0 Å². The highest BCUT2D eigenvalue weighted by atomic mass is 19.1. The Morgan fingerprint density at radius 3 is 2.56 bits per heavy atom. The van der Waals surface area contributed by atoms with Gasteiger partial charge < -0.3 is 9.74 Å². The Kier molecular flexibility index (Phi) is 4.49. The van der Waals surface area contributed by atoms with E-state index >= 15 is 0 Å². The van der Waals surface area contributed by atoms with Crippen LogP contribution < -0.4 is 0 Å². The molecule has 2 aromatic rings. The third-order valence-corrected chi connectivity index (χ3v) is 4.79. The van der Waals surface area contributed by atoms with Gasteiger partial charge in [0.05, 0.1) is 24.2 Å². The molecular weight excluding hydrogens is 362 g/mol. The molecule has 0 amide bonds. The summed E-state index contributed by atoms with van der Waals surface area (Å²) in [5.74, 6) is -2.43. The minimum absolute atomic E-state index is 0.191. The SMILES string of the molecule is Cc1cnc([C@@H]2CC(N3CC[C@@H](F)C3)=NO2)c(-c2c(F)cc(F)cc2F)c1. The normalized spacial score (nSPS) is 22.1. The van der Waals surface area contributed by atoms with Crippen molar-refractivity contribution in [3.63, 3.8) is 0 Å². The molecule has 2 aliphatic rings. The third-order valence-electron chi connectivity index (χ3n) is 4.79. The lowest BCUT2D eigenvalue weighted by Gasteiger charge is -2.17. The number of amidine groups is 1. The standard InChI is InChI=1S/C19H17F4N3O/c1-10-4-13(18-14(22)5-12(21)6-15(18)23)19(24-8-10)16-7-17(25-27-16)26-3-2-11(20)9-26/h4-6,8,11,16H,2-3,7,9H2,1H3/t11-,16+/m1/s1. The number of rotatable bonds is 2. The van der Waals surface area contributed by atoms with Crippen LogP contribution in [0.15, 0.2) is 29.6 Å². The van der Waals surface area contributed by atoms with Crippen LogP contribution >= 0.6 is 0 Å². The average molecular weight is 379 g/mol. The average Bonchev–Trinajstić information content (AvgIpc) is 3.23. The molecular formula is C19H17F4N3O. The Morgan fingerprint density at radius 1 is 1.15 bits per heavy atom. The van der Waals surface area contributed by atoms with E-state index in [0.717, 1.165) is 0 Å². The van der Waals surface area contributed by atoms with Crippen LogP contribution in [0.25, 0.3) is 11.1 Å². The molecule has 0 bridgehead atoms. The van der Waals surface area contributed by atoms with Crippen molar-refractivity contribution in [2.45, 2.75) is 32.0 Å². The minimum Gasteiger partial charge on any atom is -0.384 e. The number of pyridine rings is 1. The summed E-state index contributed by atoms with van der Waals surface area (Å²) in [6.45, 7) is 2.54. The van der Waals surface area contributed by atoms with Crippen LogP contribution in [0, 0.1) is 24.4 Å². The van der Waals surface area contributed by atoms with Gasteiger partial charge >= 0.3 is 0 Å². The van der Waals surface area contributed by atoms with Crippen molar-refractivity contribution in [1.29, 1.82) is 0 Å². The monoisotopic (exact) mass is 379 g/mol. The van der Waals surface area contributed by atoms with Crippen molar-refractivity contribution < 1.29 is 22.4 Å². The Labute approximate surface area is 153 Å². The number of hydrogen-bond donors (Lipinski definition) is 0. The maximum absolute atomic E-state index is 14.3. The summed E-state index contributed by atoms with van der Waals surface area (Å²) in [4.78, 5) is 11.5. The zero-order chi connectivity index (χ0) is 19.1. The van der Waals surface area contributed by atoms with E-state index in [1.54, 1.807) is 24.1 Å². The summed E-state index contributed by atoms with van der Waals surface area (Å²) in [6.07, 6.45) is 0.761. The molecule has 27 heavy (non-hydrogen) atoms. The van der Waals surface area contributed by atoms with Crippen molar-refractivity contribution in [3.8, 4) is 11.1 Å². The van der Waals surface area contributed by atoms with E-state index in [0.29, 0.717) is 48.6 Å². The smallest absolute Gasteiger partial charge is 0.177 e. The van der Waals surface area contributed by atoms with Crippen LogP contribution in [0.5, 0.6) is 0 Å². The summed E-state index contributed by atoms with van der Waals surface area (Å²) in [7, 11) is 0. The van der Waals surface area contributed by atoms with E-state index in [4.69, 9.17) is 4.84 Å². The molecule has 0 aliphatic carbocycles. The van der Waals surface area contributed by atoms with Gasteiger partial charge in [-0.1, -0.05) is 5.16 Å². The molecule has 4 rings (SSSR count). The van der Waals surface area contributed by atoms with Gasteiger partial charge in [0, 0.05) is 30.4 Å². The fourth-order valence-corrected chi connectivity index (χ4v) is 3.49. The van der Waals surface area contributed by atoms with Gasteiger partial charge in [0.15, 0.2) is 6.10 Å². The van der Waals surface area contributed by atoms with Gasteiger partial charge in [0.25, 0.3) is 0 Å². The minimum atomic E-state index is -1.01. The molecule has 2 atom stereocenters. The van der Waals surface area contributed by atoms with Crippen LogP contribution in [-0.2, 0) is 4.84 Å². The summed E-state index contributed by atoms with van der Waals surface area (Å²) in [5.41, 5.74) is 0.830. The van der Waals surface area contributed by atoms with Gasteiger partial charge in [-0.2, -0.15) is 0 Å². The number of halogens is 4. The van der Waals surface area contributed by atoms with E-state index in [1.807, 2.05) is 0 Å². The third kappa shape index (κ3) is 3.36. The number of aromatic nitrogens is 1. The fourth-order valence-electron chi connectivity index (χ4n) is 3.49. The van der Waals surface area contributed by atoms with E-state index < -0.39 is 29.7 Å². The highest BCUT2D eigenvalue weighted by Crippen LogP contribution is 2.37. The second kappa shape index (κ2) is 6.83. The molecule has 142 valence electrons. The molecule has 0 N–H and O–H groups in total. The number of likely N-dealkylation sites (tertiary alicyclic amines) is 1. The van der Waals surface area contributed by atoms with Crippen molar-refractivity contribution >= 4 is 5.84 Å². The molecule has 1 fully saturated rings. The molecule has 2 aliphatic heterocycles. The highest BCUT2D eigenvalue weighted by Gasteiger charge is 2.34. The molecule has 1 aromatic carbocycles. The molecule has 8 heteroatoms. The Morgan fingerprint density at radius 2 is 1.89 bits per heavy atom. The predicted octanol–water partition coefficient (Wildman–Crippen LogP) is 4.29. The highest BCUT2D eigenvalue weighted by molar-refractivity contribution is 5.84. The lowest BCUT2D eigenvalue weighted by molar-refractivity contribution is 0.0828. The number of hydrogen-bond acceptors (Lipinski definition) is 4. The summed E-state index contributed by atoms with van der Waals surface area (Å²) in [5, 5.41) is 4.01. The molecule has 4 nitrogen and oxygen atoms in total. The summed E-state index contributed by atoms with van der Waals surface area (Å²) in [6, 6.07) is 2.84. The van der Waals surface area contributed by atoms with Gasteiger partial charge in [-0.05, 0) is 25.0 Å². The van der Waals surface area contributed by atoms with Crippen molar-refractivity contribution in [2.24, 2.45) is 5.16 Å². The molecule has 3 heterocycles. The summed E-state index contributed by atoms with van der Waals surface area (Å²) >= 11 is 0. The fraction of sp³-hybridized carbons (Fsp3) is 0.368. The molecule has 1 aromatic heterocycles. The van der Waals surface area contributed by atoms with Crippen LogP contribution in [0.2, 0.25) is 0 Å². The number of aryl methyl sites for hydroxylation is 1. The van der Waals surface area contributed by atoms with Crippen molar-refractivity contribution in [2.75, 3.05) is 13.1 Å². The van der Waals surface area contributed by atoms with Crippen LogP contribution in [0.4, 0.5) is 17.6 Å². The van der Waals surface area contributed by atoms with Gasteiger partial charge in [-0.25, -0.2) is 17.6 Å². The van der Waals surface area contributed by atoms with Gasteiger partial charge in [0.2, 0.25) is 0 Å². The molecule has 1 saturated heterocycles. The Hall–Kier alpha value is -2.64. The second-order valence-corrected chi connectivity index (χ2v) is 6.83. The van der Waals surface area contributed by atoms with Gasteiger partial charge in [-0.15, -0.1) is 0 Å². The van der Waals surface area contributed by atoms with Gasteiger partial charge in [-0.3, -0.25) is 4.98 Å². The Balaban J connectivity index is 1.68. The number of oxime groups is 1. The largest absolute Gasteiger partial charge is 0.384 e. The van der Waals surface area contributed by atoms with E-state index in [9.17, 15) is 17.6 Å². The van der Waals surface area contributed by atoms with Crippen LogP contribution in [-0.4, -0.2) is 35.0 Å². The molecule has 0 spiro atoms. The number of alkyl halides is 1. The first-order valence-corrected chi connectivity index (χ1v) is 8.65. The van der Waals surface area contributed by atoms with E-state index in [-0.39, 0.29) is 17.7 Å². The topological polar surface area (TPSA) is 37.7 Å². The first-order valence-electron chi connectivity index (χ1n) is 8.65. The molecule has 0 saturated carbocycles. The summed E-state index contributed by atoms with van der Waals surface area (Å²) < 4.78 is 55.4. The van der Waals surface area contributed by atoms with E-state index in [2.05, 4.69) is 10.1 Å². The first-order chi connectivity index (χ1) is 12.9. The zero-order valence-corrected chi connectivity index (χ0v) is 14.6. The second-order valence-electron chi connectivity index (χ2n) is 6.83. The van der Waals surface area contributed by atoms with Crippen molar-refractivity contribution in [1.82, 2.24) is 9.88 Å². The van der Waals surface area contributed by atoms with Crippen LogP contribution in [0.3, 0.4) is 0 Å². The van der Waals surface area contributed by atoms with Crippen LogP contribution in [0.1, 0.15) is 30.2 Å². The quantitative estimate of drug-likeness (QED) is 0.731.